The van der Waals surface area contributed by atoms with Crippen molar-refractivity contribution in [1.29, 1.82) is 0 Å². The van der Waals surface area contributed by atoms with Crippen molar-refractivity contribution in [3.63, 3.8) is 0 Å². The number of hydrogen-bond donors (Lipinski definition) is 3. The summed E-state index contributed by atoms with van der Waals surface area (Å²) >= 11 is 0. The van der Waals surface area contributed by atoms with Crippen molar-refractivity contribution in [2.24, 2.45) is 0 Å². The zero-order chi connectivity index (χ0) is 11.2. The van der Waals surface area contributed by atoms with Gasteiger partial charge in [-0.15, -0.1) is 0 Å². The van der Waals surface area contributed by atoms with Gasteiger partial charge in [0.25, 0.3) is 0 Å². The average molecular weight is 218 g/mol. The largest absolute Gasteiger partial charge is 0.466 e. The average Bonchev–Trinajstić information content (AvgIpc) is 2.03. The van der Waals surface area contributed by atoms with E-state index in [4.69, 9.17) is 19.2 Å². The molecule has 1 aromatic rings. The minimum absolute atomic E-state index is 0.121. The Morgan fingerprint density at radius 3 is 1.71 bits per heavy atom. The fourth-order valence-electron chi connectivity index (χ4n) is 0.673. The minimum Gasteiger partial charge on any atom is -0.303 e. The zero-order valence-corrected chi connectivity index (χ0v) is 8.39. The summed E-state index contributed by atoms with van der Waals surface area (Å²) in [5.41, 5.74) is 0.775. The SMILES string of the molecule is CC(=O)c1ccccc1.O=P(O)(O)O. The lowest BCUT2D eigenvalue weighted by Crippen LogP contribution is -1.88. The van der Waals surface area contributed by atoms with Gasteiger partial charge in [0.05, 0.1) is 0 Å². The highest BCUT2D eigenvalue weighted by molar-refractivity contribution is 7.45. The molecule has 0 aromatic heterocycles. The summed E-state index contributed by atoms with van der Waals surface area (Å²) in [6.07, 6.45) is 0. The maximum absolute atomic E-state index is 10.6. The lowest BCUT2D eigenvalue weighted by molar-refractivity contribution is 0.101. The summed E-state index contributed by atoms with van der Waals surface area (Å²) < 4.78 is 8.88. The molecule has 0 unspecified atom stereocenters. The summed E-state index contributed by atoms with van der Waals surface area (Å²) in [4.78, 5) is 32.2. The lowest BCUT2D eigenvalue weighted by Gasteiger charge is -1.89. The molecule has 6 heteroatoms. The number of phosphoric acid groups is 1. The van der Waals surface area contributed by atoms with Crippen LogP contribution in [0.1, 0.15) is 17.3 Å². The van der Waals surface area contributed by atoms with Crippen LogP contribution in [0.2, 0.25) is 0 Å². The second-order valence-corrected chi connectivity index (χ2v) is 3.46. The molecular weight excluding hydrogens is 207 g/mol. The molecule has 0 radical (unpaired) electrons. The molecule has 0 atom stereocenters. The third-order valence-electron chi connectivity index (χ3n) is 1.18. The third kappa shape index (κ3) is 9.09. The van der Waals surface area contributed by atoms with Gasteiger partial charge >= 0.3 is 7.82 Å². The summed E-state index contributed by atoms with van der Waals surface area (Å²) in [6.45, 7) is 1.56. The molecule has 0 heterocycles. The van der Waals surface area contributed by atoms with E-state index < -0.39 is 7.82 Å². The van der Waals surface area contributed by atoms with Crippen LogP contribution in [-0.2, 0) is 4.57 Å². The number of ketones is 1. The summed E-state index contributed by atoms with van der Waals surface area (Å²) in [5.74, 6) is 0.121. The van der Waals surface area contributed by atoms with Crippen LogP contribution in [0.5, 0.6) is 0 Å². The van der Waals surface area contributed by atoms with Gasteiger partial charge in [-0.1, -0.05) is 30.3 Å². The molecule has 0 saturated heterocycles. The molecule has 0 saturated carbocycles. The van der Waals surface area contributed by atoms with Gasteiger partial charge < -0.3 is 14.7 Å². The molecule has 0 aliphatic carbocycles. The predicted octanol–water partition coefficient (Wildman–Crippen LogP) is 0.961. The van der Waals surface area contributed by atoms with E-state index in [1.54, 1.807) is 6.92 Å². The highest BCUT2D eigenvalue weighted by Gasteiger charge is 2.00. The number of hydrogen-bond acceptors (Lipinski definition) is 2. The van der Waals surface area contributed by atoms with Gasteiger partial charge in [0, 0.05) is 5.56 Å². The summed E-state index contributed by atoms with van der Waals surface area (Å²) in [7, 11) is -4.64. The molecule has 0 bridgehead atoms. The Hall–Kier alpha value is -1.00. The van der Waals surface area contributed by atoms with Gasteiger partial charge in [-0.25, -0.2) is 4.57 Å². The molecule has 0 spiro atoms. The summed E-state index contributed by atoms with van der Waals surface area (Å²) in [6, 6.07) is 9.23. The third-order valence-corrected chi connectivity index (χ3v) is 1.18. The van der Waals surface area contributed by atoms with Gasteiger partial charge in [-0.3, -0.25) is 4.79 Å². The first-order valence-electron chi connectivity index (χ1n) is 3.65. The van der Waals surface area contributed by atoms with E-state index in [9.17, 15) is 4.79 Å². The van der Waals surface area contributed by atoms with Crippen LogP contribution in [0.25, 0.3) is 0 Å². The molecule has 5 nitrogen and oxygen atoms in total. The lowest BCUT2D eigenvalue weighted by atomic mass is 10.2. The second-order valence-electron chi connectivity index (χ2n) is 2.44. The fourth-order valence-corrected chi connectivity index (χ4v) is 0.673. The molecule has 1 rings (SSSR count). The van der Waals surface area contributed by atoms with E-state index in [1.807, 2.05) is 30.3 Å². The highest BCUT2D eigenvalue weighted by Crippen LogP contribution is 2.25. The van der Waals surface area contributed by atoms with Gasteiger partial charge in [0.2, 0.25) is 0 Å². The Morgan fingerprint density at radius 2 is 1.50 bits per heavy atom. The van der Waals surface area contributed by atoms with Crippen molar-refractivity contribution < 1.29 is 24.0 Å². The smallest absolute Gasteiger partial charge is 0.303 e. The molecule has 1 aromatic carbocycles. The Bertz CT molecular complexity index is 321. The second kappa shape index (κ2) is 5.67. The van der Waals surface area contributed by atoms with Crippen molar-refractivity contribution in [3.05, 3.63) is 35.9 Å². The minimum atomic E-state index is -4.64. The maximum Gasteiger partial charge on any atom is 0.466 e. The van der Waals surface area contributed by atoms with E-state index >= 15 is 0 Å². The first-order valence-corrected chi connectivity index (χ1v) is 5.21. The maximum atomic E-state index is 10.6. The Balaban J connectivity index is 0.000000292. The zero-order valence-electron chi connectivity index (χ0n) is 7.49. The van der Waals surface area contributed by atoms with Crippen LogP contribution in [0.4, 0.5) is 0 Å². The monoisotopic (exact) mass is 218 g/mol. The number of carbonyl (C=O) groups is 1. The van der Waals surface area contributed by atoms with Crippen molar-refractivity contribution in [2.45, 2.75) is 6.92 Å². The van der Waals surface area contributed by atoms with Gasteiger partial charge in [-0.2, -0.15) is 0 Å². The molecule has 0 fully saturated rings. The van der Waals surface area contributed by atoms with E-state index in [2.05, 4.69) is 0 Å². The quantitative estimate of drug-likeness (QED) is 0.482. The number of carbonyl (C=O) groups excluding carboxylic acids is 1. The molecule has 0 aliphatic rings. The van der Waals surface area contributed by atoms with Crippen LogP contribution in [0.3, 0.4) is 0 Å². The van der Waals surface area contributed by atoms with Gasteiger partial charge in [0.15, 0.2) is 5.78 Å². The standard InChI is InChI=1S/C8H8O.H3O4P/c1-7(9)8-5-3-2-4-6-8;1-5(2,3)4/h2-6H,1H3;(H3,1,2,3,4). The molecule has 14 heavy (non-hydrogen) atoms. The van der Waals surface area contributed by atoms with Crippen LogP contribution >= 0.6 is 7.82 Å². The Morgan fingerprint density at radius 1 is 1.14 bits per heavy atom. The first kappa shape index (κ1) is 13.0. The number of benzene rings is 1. The highest BCUT2D eigenvalue weighted by atomic mass is 31.2. The topological polar surface area (TPSA) is 94.8 Å². The molecular formula is C8H11O5P. The molecule has 3 N–H and O–H groups in total. The van der Waals surface area contributed by atoms with E-state index in [0.717, 1.165) is 5.56 Å². The Kier molecular flexibility index (Phi) is 5.27. The van der Waals surface area contributed by atoms with Crippen LogP contribution in [-0.4, -0.2) is 20.5 Å². The van der Waals surface area contributed by atoms with Gasteiger partial charge in [0.1, 0.15) is 0 Å². The van der Waals surface area contributed by atoms with E-state index in [0.29, 0.717) is 0 Å². The Labute approximate surface area is 81.3 Å². The van der Waals surface area contributed by atoms with Crippen molar-refractivity contribution in [1.82, 2.24) is 0 Å². The number of Topliss-reactive ketones (excluding diaryl/α,β-unsaturated/α-hetero) is 1. The van der Waals surface area contributed by atoms with Gasteiger partial charge in [-0.05, 0) is 6.92 Å². The number of rotatable bonds is 1. The van der Waals surface area contributed by atoms with Crippen molar-refractivity contribution in [2.75, 3.05) is 0 Å². The van der Waals surface area contributed by atoms with Crippen LogP contribution in [0.15, 0.2) is 30.3 Å². The van der Waals surface area contributed by atoms with Crippen molar-refractivity contribution >= 4 is 13.6 Å². The van der Waals surface area contributed by atoms with Crippen LogP contribution < -0.4 is 0 Å². The molecule has 78 valence electrons. The predicted molar refractivity (Wildman–Crippen MR) is 50.7 cm³/mol. The van der Waals surface area contributed by atoms with E-state index in [1.165, 1.54) is 0 Å². The van der Waals surface area contributed by atoms with E-state index in [-0.39, 0.29) is 5.78 Å². The first-order chi connectivity index (χ1) is 6.30. The van der Waals surface area contributed by atoms with Crippen LogP contribution in [0, 0.1) is 0 Å². The fraction of sp³-hybridized carbons (Fsp3) is 0.125. The summed E-state index contributed by atoms with van der Waals surface area (Å²) in [5, 5.41) is 0. The molecule has 0 amide bonds. The molecule has 0 aliphatic heterocycles. The van der Waals surface area contributed by atoms with Crippen molar-refractivity contribution in [3.8, 4) is 0 Å². The normalized spacial score (nSPS) is 10.0.